The average molecular weight is 476 g/mol. The normalized spacial score (nSPS) is 10.7. The van der Waals surface area contributed by atoms with Gasteiger partial charge in [-0.2, -0.15) is 0 Å². The van der Waals surface area contributed by atoms with Gasteiger partial charge in [-0.25, -0.2) is 0 Å². The minimum atomic E-state index is -4.75. The van der Waals surface area contributed by atoms with Crippen molar-refractivity contribution in [2.75, 3.05) is 0 Å². The fourth-order valence-electron chi connectivity index (χ4n) is 2.97. The van der Waals surface area contributed by atoms with Gasteiger partial charge in [-0.1, -0.05) is 66.6 Å². The zero-order chi connectivity index (χ0) is 24.5. The fourth-order valence-corrected chi connectivity index (χ4v) is 2.97. The van der Waals surface area contributed by atoms with Gasteiger partial charge in [-0.05, 0) is 41.3 Å². The third-order valence-corrected chi connectivity index (χ3v) is 4.61. The van der Waals surface area contributed by atoms with E-state index in [0.29, 0.717) is 23.6 Å². The summed E-state index contributed by atoms with van der Waals surface area (Å²) in [4.78, 5) is 0. The maximum atomic E-state index is 12.3. The largest absolute Gasteiger partial charge is 0.573 e. The Hall–Kier alpha value is -4.51. The standard InChI is InChI=1S/C27H19F3N2O3/c28-27(29,30)35-24-15-12-20(13-16-24)11-14-23-17-25(33-18-21-7-3-1-4-8-21)26(32-31-23)34-19-22-9-5-2-6-10-22/h1-10,12-13,15-17H,18-19H2. The Morgan fingerprint density at radius 3 is 1.89 bits per heavy atom. The van der Waals surface area contributed by atoms with Crippen molar-refractivity contribution in [3.8, 4) is 29.2 Å². The Balaban J connectivity index is 1.51. The second-order valence-electron chi connectivity index (χ2n) is 7.27. The van der Waals surface area contributed by atoms with Crippen LogP contribution in [0.4, 0.5) is 13.2 Å². The highest BCUT2D eigenvalue weighted by Gasteiger charge is 2.30. The van der Waals surface area contributed by atoms with Gasteiger partial charge in [0.15, 0.2) is 5.75 Å². The van der Waals surface area contributed by atoms with Crippen molar-refractivity contribution in [1.29, 1.82) is 0 Å². The van der Waals surface area contributed by atoms with Crippen molar-refractivity contribution in [2.45, 2.75) is 19.6 Å². The molecule has 176 valence electrons. The number of benzene rings is 3. The second-order valence-corrected chi connectivity index (χ2v) is 7.27. The lowest BCUT2D eigenvalue weighted by molar-refractivity contribution is -0.274. The Morgan fingerprint density at radius 1 is 0.686 bits per heavy atom. The maximum absolute atomic E-state index is 12.3. The lowest BCUT2D eigenvalue weighted by atomic mass is 10.2. The van der Waals surface area contributed by atoms with Crippen LogP contribution in [0, 0.1) is 11.8 Å². The van der Waals surface area contributed by atoms with Gasteiger partial charge in [-0.3, -0.25) is 0 Å². The van der Waals surface area contributed by atoms with Gasteiger partial charge in [-0.15, -0.1) is 23.4 Å². The zero-order valence-corrected chi connectivity index (χ0v) is 18.3. The molecule has 4 rings (SSSR count). The number of aromatic nitrogens is 2. The van der Waals surface area contributed by atoms with Gasteiger partial charge in [0, 0.05) is 11.6 Å². The first-order valence-corrected chi connectivity index (χ1v) is 10.5. The second kappa shape index (κ2) is 11.1. The first kappa shape index (κ1) is 23.6. The molecule has 4 aromatic rings. The van der Waals surface area contributed by atoms with Crippen molar-refractivity contribution in [3.63, 3.8) is 0 Å². The molecule has 0 N–H and O–H groups in total. The molecule has 0 atom stereocenters. The van der Waals surface area contributed by atoms with Crippen LogP contribution in [-0.4, -0.2) is 16.6 Å². The van der Waals surface area contributed by atoms with Gasteiger partial charge in [0.1, 0.15) is 24.7 Å². The summed E-state index contributed by atoms with van der Waals surface area (Å²) in [6, 6.07) is 26.1. The molecule has 0 saturated carbocycles. The Morgan fingerprint density at radius 2 is 1.29 bits per heavy atom. The van der Waals surface area contributed by atoms with Crippen molar-refractivity contribution >= 4 is 0 Å². The van der Waals surface area contributed by atoms with Crippen LogP contribution in [0.5, 0.6) is 17.4 Å². The molecule has 35 heavy (non-hydrogen) atoms. The molecule has 8 heteroatoms. The van der Waals surface area contributed by atoms with E-state index in [-0.39, 0.29) is 18.2 Å². The van der Waals surface area contributed by atoms with E-state index in [0.717, 1.165) is 11.1 Å². The molecule has 1 aromatic heterocycles. The number of alkyl halides is 3. The molecule has 3 aromatic carbocycles. The van der Waals surface area contributed by atoms with Crippen LogP contribution in [0.25, 0.3) is 0 Å². The average Bonchev–Trinajstić information content (AvgIpc) is 2.86. The van der Waals surface area contributed by atoms with E-state index in [1.807, 2.05) is 60.7 Å². The summed E-state index contributed by atoms with van der Waals surface area (Å²) in [6.07, 6.45) is -4.75. The van der Waals surface area contributed by atoms with E-state index < -0.39 is 6.36 Å². The number of hydrogen-bond acceptors (Lipinski definition) is 5. The van der Waals surface area contributed by atoms with Gasteiger partial charge < -0.3 is 14.2 Å². The third kappa shape index (κ3) is 7.51. The first-order valence-electron chi connectivity index (χ1n) is 10.5. The van der Waals surface area contributed by atoms with E-state index in [1.165, 1.54) is 24.3 Å². The van der Waals surface area contributed by atoms with E-state index >= 15 is 0 Å². The van der Waals surface area contributed by atoms with Gasteiger partial charge >= 0.3 is 6.36 Å². The van der Waals surface area contributed by atoms with E-state index in [1.54, 1.807) is 6.07 Å². The van der Waals surface area contributed by atoms with Crippen molar-refractivity contribution in [3.05, 3.63) is 113 Å². The van der Waals surface area contributed by atoms with Gasteiger partial charge in [0.25, 0.3) is 5.88 Å². The first-order chi connectivity index (χ1) is 16.9. The lowest BCUT2D eigenvalue weighted by Crippen LogP contribution is -2.16. The predicted octanol–water partition coefficient (Wildman–Crippen LogP) is 5.93. The Kier molecular flexibility index (Phi) is 7.48. The van der Waals surface area contributed by atoms with Crippen LogP contribution in [-0.2, 0) is 13.2 Å². The van der Waals surface area contributed by atoms with E-state index in [2.05, 4.69) is 26.8 Å². The quantitative estimate of drug-likeness (QED) is 0.310. The molecular formula is C27H19F3N2O3. The molecule has 1 heterocycles. The number of nitrogens with zero attached hydrogens (tertiary/aromatic N) is 2. The van der Waals surface area contributed by atoms with Crippen molar-refractivity contribution in [2.24, 2.45) is 0 Å². The summed E-state index contributed by atoms with van der Waals surface area (Å²) < 4.78 is 52.6. The highest BCUT2D eigenvalue weighted by atomic mass is 19.4. The summed E-state index contributed by atoms with van der Waals surface area (Å²) in [6.45, 7) is 0.580. The summed E-state index contributed by atoms with van der Waals surface area (Å²) in [7, 11) is 0. The zero-order valence-electron chi connectivity index (χ0n) is 18.3. The predicted molar refractivity (Wildman–Crippen MR) is 123 cm³/mol. The molecular weight excluding hydrogens is 457 g/mol. The molecule has 0 aliphatic carbocycles. The van der Waals surface area contributed by atoms with Gasteiger partial charge in [0.05, 0.1) is 0 Å². The fraction of sp³-hybridized carbons (Fsp3) is 0.111. The molecule has 0 aliphatic heterocycles. The third-order valence-electron chi connectivity index (χ3n) is 4.61. The summed E-state index contributed by atoms with van der Waals surface area (Å²) in [5.41, 5.74) is 2.73. The van der Waals surface area contributed by atoms with Crippen LogP contribution in [0.2, 0.25) is 0 Å². The molecule has 0 spiro atoms. The molecule has 0 bridgehead atoms. The summed E-state index contributed by atoms with van der Waals surface area (Å²) in [5.74, 6) is 5.97. The van der Waals surface area contributed by atoms with Crippen LogP contribution >= 0.6 is 0 Å². The number of halogens is 3. The van der Waals surface area contributed by atoms with Crippen LogP contribution < -0.4 is 14.2 Å². The minimum absolute atomic E-state index is 0.226. The maximum Gasteiger partial charge on any atom is 0.573 e. The van der Waals surface area contributed by atoms with E-state index in [4.69, 9.17) is 9.47 Å². The molecule has 0 aliphatic rings. The molecule has 5 nitrogen and oxygen atoms in total. The highest BCUT2D eigenvalue weighted by molar-refractivity contribution is 5.45. The minimum Gasteiger partial charge on any atom is -0.483 e. The SMILES string of the molecule is FC(F)(F)Oc1ccc(C#Cc2cc(OCc3ccccc3)c(OCc3ccccc3)nn2)cc1. The molecule has 0 saturated heterocycles. The molecule has 0 radical (unpaired) electrons. The Labute approximate surface area is 200 Å². The Bertz CT molecular complexity index is 1300. The summed E-state index contributed by atoms with van der Waals surface area (Å²) in [5, 5.41) is 8.21. The summed E-state index contributed by atoms with van der Waals surface area (Å²) >= 11 is 0. The van der Waals surface area contributed by atoms with E-state index in [9.17, 15) is 13.2 Å². The number of rotatable bonds is 7. The van der Waals surface area contributed by atoms with Crippen LogP contribution in [0.3, 0.4) is 0 Å². The van der Waals surface area contributed by atoms with Crippen molar-refractivity contribution < 1.29 is 27.4 Å². The van der Waals surface area contributed by atoms with Crippen LogP contribution in [0.15, 0.2) is 91.0 Å². The lowest BCUT2D eigenvalue weighted by Gasteiger charge is -2.11. The topological polar surface area (TPSA) is 53.5 Å². The van der Waals surface area contributed by atoms with Gasteiger partial charge in [0.2, 0.25) is 0 Å². The highest BCUT2D eigenvalue weighted by Crippen LogP contribution is 2.26. The smallest absolute Gasteiger partial charge is 0.483 e. The number of ether oxygens (including phenoxy) is 3. The molecule has 0 fully saturated rings. The monoisotopic (exact) mass is 476 g/mol. The van der Waals surface area contributed by atoms with Crippen LogP contribution in [0.1, 0.15) is 22.4 Å². The van der Waals surface area contributed by atoms with Crippen molar-refractivity contribution in [1.82, 2.24) is 10.2 Å². The number of hydrogen-bond donors (Lipinski definition) is 0. The molecule has 0 unspecified atom stereocenters. The molecule has 0 amide bonds.